The molecule has 3 N–H and O–H groups in total. The number of anilines is 1. The van der Waals surface area contributed by atoms with E-state index >= 15 is 0 Å². The van der Waals surface area contributed by atoms with E-state index < -0.39 is 15.9 Å². The second-order valence-electron chi connectivity index (χ2n) is 6.40. The summed E-state index contributed by atoms with van der Waals surface area (Å²) in [5.74, 6) is 0.327. The average Bonchev–Trinajstić information content (AvgIpc) is 3.24. The molecule has 0 radical (unpaired) electrons. The van der Waals surface area contributed by atoms with Crippen LogP contribution in [-0.2, 0) is 10.0 Å². The van der Waals surface area contributed by atoms with Gasteiger partial charge in [-0.05, 0) is 55.9 Å². The van der Waals surface area contributed by atoms with E-state index in [4.69, 9.17) is 9.47 Å². The molecule has 0 unspecified atom stereocenters. The molecule has 2 aromatic carbocycles. The van der Waals surface area contributed by atoms with E-state index in [1.807, 2.05) is 13.0 Å². The number of H-pyrrole nitrogens is 1. The third-order valence-corrected chi connectivity index (χ3v) is 5.88. The molecule has 0 saturated heterocycles. The van der Waals surface area contributed by atoms with Gasteiger partial charge in [0.05, 0.1) is 25.6 Å². The Hall–Kier alpha value is -3.37. The highest BCUT2D eigenvalue weighted by Crippen LogP contribution is 2.30. The first-order valence-corrected chi connectivity index (χ1v) is 10.4. The van der Waals surface area contributed by atoms with Crippen LogP contribution in [-0.4, -0.2) is 45.8 Å². The molecule has 0 atom stereocenters. The SMILES string of the molecule is CNS(=O)(=O)c1cc(-c2cc(C(=O)Nc3cc(C)ccc3OC)[nH]n2)ccc1OC. The largest absolute Gasteiger partial charge is 0.495 e. The summed E-state index contributed by atoms with van der Waals surface area (Å²) in [6, 6.07) is 11.6. The molecule has 158 valence electrons. The minimum absolute atomic E-state index is 0.0245. The van der Waals surface area contributed by atoms with Crippen LogP contribution in [0.25, 0.3) is 11.3 Å². The third-order valence-electron chi connectivity index (χ3n) is 4.44. The molecule has 3 aromatic rings. The predicted octanol–water partition coefficient (Wildman–Crippen LogP) is 2.56. The van der Waals surface area contributed by atoms with Crippen molar-refractivity contribution < 1.29 is 22.7 Å². The van der Waals surface area contributed by atoms with Gasteiger partial charge in [0.25, 0.3) is 5.91 Å². The Morgan fingerprint density at radius 2 is 1.73 bits per heavy atom. The molecule has 3 rings (SSSR count). The molecule has 0 bridgehead atoms. The summed E-state index contributed by atoms with van der Waals surface area (Å²) in [5, 5.41) is 9.60. The Morgan fingerprint density at radius 1 is 1.03 bits per heavy atom. The number of methoxy groups -OCH3 is 2. The van der Waals surface area contributed by atoms with Crippen molar-refractivity contribution in [2.45, 2.75) is 11.8 Å². The lowest BCUT2D eigenvalue weighted by molar-refractivity contribution is 0.102. The Morgan fingerprint density at radius 3 is 2.40 bits per heavy atom. The number of aryl methyl sites for hydroxylation is 1. The molecule has 0 aliphatic carbocycles. The van der Waals surface area contributed by atoms with Crippen LogP contribution in [0.3, 0.4) is 0 Å². The number of carbonyl (C=O) groups is 1. The Kier molecular flexibility index (Phi) is 6.09. The summed E-state index contributed by atoms with van der Waals surface area (Å²) >= 11 is 0. The lowest BCUT2D eigenvalue weighted by atomic mass is 10.1. The van der Waals surface area contributed by atoms with Crippen molar-refractivity contribution in [3.63, 3.8) is 0 Å². The van der Waals surface area contributed by atoms with Gasteiger partial charge in [-0.25, -0.2) is 13.1 Å². The Bertz CT molecular complexity index is 1190. The van der Waals surface area contributed by atoms with Gasteiger partial charge in [-0.3, -0.25) is 9.89 Å². The quantitative estimate of drug-likeness (QED) is 0.529. The number of amides is 1. The molecule has 9 nitrogen and oxygen atoms in total. The van der Waals surface area contributed by atoms with Crippen molar-refractivity contribution in [3.8, 4) is 22.8 Å². The maximum Gasteiger partial charge on any atom is 0.273 e. The molecular weight excluding hydrogens is 408 g/mol. The number of hydrogen-bond donors (Lipinski definition) is 3. The molecule has 0 spiro atoms. The maximum absolute atomic E-state index is 12.6. The van der Waals surface area contributed by atoms with E-state index in [9.17, 15) is 13.2 Å². The zero-order chi connectivity index (χ0) is 21.9. The summed E-state index contributed by atoms with van der Waals surface area (Å²) in [5.41, 5.74) is 2.63. The molecule has 0 aliphatic heterocycles. The molecule has 1 amide bonds. The van der Waals surface area contributed by atoms with Crippen molar-refractivity contribution >= 4 is 21.6 Å². The fraction of sp³-hybridized carbons (Fsp3) is 0.200. The normalized spacial score (nSPS) is 11.2. The molecule has 0 fully saturated rings. The number of nitrogens with one attached hydrogen (secondary N) is 3. The van der Waals surface area contributed by atoms with Crippen molar-refractivity contribution in [1.82, 2.24) is 14.9 Å². The topological polar surface area (TPSA) is 122 Å². The van der Waals surface area contributed by atoms with Crippen LogP contribution in [0.1, 0.15) is 16.1 Å². The molecule has 10 heteroatoms. The van der Waals surface area contributed by atoms with E-state index in [1.54, 1.807) is 18.2 Å². The van der Waals surface area contributed by atoms with Gasteiger partial charge in [-0.1, -0.05) is 6.07 Å². The highest BCUT2D eigenvalue weighted by molar-refractivity contribution is 7.89. The number of ether oxygens (including phenoxy) is 2. The van der Waals surface area contributed by atoms with Gasteiger partial charge < -0.3 is 14.8 Å². The van der Waals surface area contributed by atoms with Gasteiger partial charge in [0.1, 0.15) is 22.1 Å². The van der Waals surface area contributed by atoms with Gasteiger partial charge in [-0.15, -0.1) is 0 Å². The van der Waals surface area contributed by atoms with Crippen LogP contribution in [0.5, 0.6) is 11.5 Å². The number of aromatic nitrogens is 2. The standard InChI is InChI=1S/C20H22N4O5S/c1-12-5-7-17(28-3)15(9-12)22-20(25)16-11-14(23-24-16)13-6-8-18(29-4)19(10-13)30(26,27)21-2/h5-11,21H,1-4H3,(H,22,25)(H,23,24). The van der Waals surface area contributed by atoms with Crippen LogP contribution in [0.15, 0.2) is 47.4 Å². The van der Waals surface area contributed by atoms with Crippen molar-refractivity contribution in [3.05, 3.63) is 53.7 Å². The Labute approximate surface area is 174 Å². The summed E-state index contributed by atoms with van der Waals surface area (Å²) in [7, 11) is 0.490. The molecule has 1 heterocycles. The van der Waals surface area contributed by atoms with E-state index in [0.717, 1.165) is 5.56 Å². The second-order valence-corrected chi connectivity index (χ2v) is 8.25. The lowest BCUT2D eigenvalue weighted by Gasteiger charge is -2.10. The minimum atomic E-state index is -3.74. The zero-order valence-corrected chi connectivity index (χ0v) is 17.8. The molecular formula is C20H22N4O5S. The Balaban J connectivity index is 1.91. The van der Waals surface area contributed by atoms with Crippen LogP contribution in [0, 0.1) is 6.92 Å². The lowest BCUT2D eigenvalue weighted by Crippen LogP contribution is -2.19. The van der Waals surface area contributed by atoms with E-state index in [1.165, 1.54) is 39.5 Å². The van der Waals surface area contributed by atoms with Gasteiger partial charge in [0, 0.05) is 5.56 Å². The van der Waals surface area contributed by atoms with E-state index in [-0.39, 0.29) is 16.3 Å². The van der Waals surface area contributed by atoms with Crippen molar-refractivity contribution in [2.24, 2.45) is 0 Å². The number of hydrogen-bond acceptors (Lipinski definition) is 6. The predicted molar refractivity (Wildman–Crippen MR) is 113 cm³/mol. The maximum atomic E-state index is 12.6. The van der Waals surface area contributed by atoms with Crippen molar-refractivity contribution in [1.29, 1.82) is 0 Å². The molecule has 1 aromatic heterocycles. The first kappa shape index (κ1) is 21.3. The zero-order valence-electron chi connectivity index (χ0n) is 16.9. The highest BCUT2D eigenvalue weighted by Gasteiger charge is 2.20. The number of nitrogens with zero attached hydrogens (tertiary/aromatic N) is 1. The number of carbonyl (C=O) groups excluding carboxylic acids is 1. The summed E-state index contributed by atoms with van der Waals surface area (Å²) in [6.07, 6.45) is 0. The first-order chi connectivity index (χ1) is 14.3. The molecule has 30 heavy (non-hydrogen) atoms. The van der Waals surface area contributed by atoms with Gasteiger partial charge in [0.15, 0.2) is 0 Å². The summed E-state index contributed by atoms with van der Waals surface area (Å²) < 4.78 is 37.2. The van der Waals surface area contributed by atoms with Crippen LogP contribution in [0.2, 0.25) is 0 Å². The fourth-order valence-corrected chi connectivity index (χ4v) is 3.77. The monoisotopic (exact) mass is 430 g/mol. The average molecular weight is 430 g/mol. The van der Waals surface area contributed by atoms with Gasteiger partial charge >= 0.3 is 0 Å². The summed E-state index contributed by atoms with van der Waals surface area (Å²) in [4.78, 5) is 12.6. The highest BCUT2D eigenvalue weighted by atomic mass is 32.2. The van der Waals surface area contributed by atoms with Gasteiger partial charge in [-0.2, -0.15) is 5.10 Å². The minimum Gasteiger partial charge on any atom is -0.495 e. The first-order valence-electron chi connectivity index (χ1n) is 8.92. The number of rotatable bonds is 7. The van der Waals surface area contributed by atoms with Crippen LogP contribution >= 0.6 is 0 Å². The molecule has 0 saturated carbocycles. The van der Waals surface area contributed by atoms with E-state index in [0.29, 0.717) is 22.7 Å². The second kappa shape index (κ2) is 8.56. The van der Waals surface area contributed by atoms with Crippen molar-refractivity contribution in [2.75, 3.05) is 26.6 Å². The van der Waals surface area contributed by atoms with Gasteiger partial charge in [0.2, 0.25) is 10.0 Å². The van der Waals surface area contributed by atoms with Crippen LogP contribution < -0.4 is 19.5 Å². The smallest absolute Gasteiger partial charge is 0.273 e. The number of sulfonamides is 1. The van der Waals surface area contributed by atoms with Crippen LogP contribution in [0.4, 0.5) is 5.69 Å². The summed E-state index contributed by atoms with van der Waals surface area (Å²) in [6.45, 7) is 1.91. The third kappa shape index (κ3) is 4.29. The van der Waals surface area contributed by atoms with E-state index in [2.05, 4.69) is 20.2 Å². The number of benzene rings is 2. The molecule has 0 aliphatic rings. The fourth-order valence-electron chi connectivity index (χ4n) is 2.85. The number of aromatic amines is 1.